The Morgan fingerprint density at radius 2 is 2.05 bits per heavy atom. The maximum absolute atomic E-state index is 5.94. The molecule has 2 aliphatic heterocycles. The molecule has 1 aromatic heterocycles. The number of hydrogen-bond donors (Lipinski definition) is 1. The fourth-order valence-corrected chi connectivity index (χ4v) is 3.62. The Hall–Kier alpha value is -1.58. The molecule has 0 saturated carbocycles. The first-order valence-corrected chi connectivity index (χ1v) is 7.83. The van der Waals surface area contributed by atoms with Crippen molar-refractivity contribution in [2.45, 2.75) is 31.3 Å². The van der Waals surface area contributed by atoms with E-state index in [4.69, 9.17) is 11.6 Å². The Morgan fingerprint density at radius 3 is 2.81 bits per heavy atom. The maximum atomic E-state index is 5.94. The smallest absolute Gasteiger partial charge is 0.0927 e. The van der Waals surface area contributed by atoms with Crippen molar-refractivity contribution in [1.82, 2.24) is 15.1 Å². The highest BCUT2D eigenvalue weighted by Gasteiger charge is 2.34. The van der Waals surface area contributed by atoms with Crippen LogP contribution in [0, 0.1) is 0 Å². The molecule has 4 rings (SSSR count). The van der Waals surface area contributed by atoms with E-state index in [1.807, 2.05) is 24.3 Å². The molecule has 0 amide bonds. The van der Waals surface area contributed by atoms with E-state index < -0.39 is 0 Å². The Morgan fingerprint density at radius 1 is 1.24 bits per heavy atom. The van der Waals surface area contributed by atoms with Gasteiger partial charge in [0.1, 0.15) is 0 Å². The topological polar surface area (TPSA) is 31.9 Å². The molecule has 3 nitrogen and oxygen atoms in total. The Balaban J connectivity index is 1.63. The lowest BCUT2D eigenvalue weighted by Crippen LogP contribution is -2.34. The lowest BCUT2D eigenvalue weighted by molar-refractivity contribution is 0.264. The molecule has 2 atom stereocenters. The first-order chi connectivity index (χ1) is 10.2. The summed E-state index contributed by atoms with van der Waals surface area (Å²) in [6.07, 6.45) is 6.11. The standard InChI is InChI=1S/C17H18ClN3/c1-21-14-6-7-15(21)9-12(8-14)17-10-16(19-20-17)11-2-4-13(18)5-3-11/h2-5,8,10,14-15H,6-7,9H2,1H3,(H,19,20). The van der Waals surface area contributed by atoms with E-state index in [9.17, 15) is 0 Å². The molecule has 0 spiro atoms. The third-order valence-electron chi connectivity index (χ3n) is 4.81. The average molecular weight is 300 g/mol. The van der Waals surface area contributed by atoms with E-state index in [0.717, 1.165) is 28.4 Å². The van der Waals surface area contributed by atoms with Gasteiger partial charge in [-0.05, 0) is 50.1 Å². The first kappa shape index (κ1) is 13.1. The fraction of sp³-hybridized carbons (Fsp3) is 0.353. The first-order valence-electron chi connectivity index (χ1n) is 7.45. The van der Waals surface area contributed by atoms with Gasteiger partial charge in [-0.15, -0.1) is 0 Å². The molecule has 1 aromatic carbocycles. The van der Waals surface area contributed by atoms with Crippen molar-refractivity contribution in [3.05, 3.63) is 47.1 Å². The second kappa shape index (κ2) is 5.00. The molecular formula is C17H18ClN3. The largest absolute Gasteiger partial charge is 0.297 e. The van der Waals surface area contributed by atoms with Crippen LogP contribution in [0.3, 0.4) is 0 Å². The number of rotatable bonds is 2. The summed E-state index contributed by atoms with van der Waals surface area (Å²) in [5.41, 5.74) is 4.64. The molecule has 2 aliphatic rings. The quantitative estimate of drug-likeness (QED) is 0.909. The lowest BCUT2D eigenvalue weighted by atomic mass is 9.98. The van der Waals surface area contributed by atoms with Crippen molar-refractivity contribution in [1.29, 1.82) is 0 Å². The minimum atomic E-state index is 0.598. The van der Waals surface area contributed by atoms with Gasteiger partial charge in [-0.1, -0.05) is 29.8 Å². The monoisotopic (exact) mass is 299 g/mol. The molecule has 2 bridgehead atoms. The third kappa shape index (κ3) is 2.30. The van der Waals surface area contributed by atoms with Crippen LogP contribution >= 0.6 is 11.6 Å². The highest BCUT2D eigenvalue weighted by atomic mass is 35.5. The zero-order valence-electron chi connectivity index (χ0n) is 12.0. The van der Waals surface area contributed by atoms with Gasteiger partial charge < -0.3 is 0 Å². The van der Waals surface area contributed by atoms with E-state index in [1.165, 1.54) is 18.4 Å². The zero-order valence-corrected chi connectivity index (χ0v) is 12.8. The van der Waals surface area contributed by atoms with Crippen molar-refractivity contribution < 1.29 is 0 Å². The van der Waals surface area contributed by atoms with Crippen molar-refractivity contribution in [3.8, 4) is 11.3 Å². The molecular weight excluding hydrogens is 282 g/mol. The molecule has 2 aromatic rings. The summed E-state index contributed by atoms with van der Waals surface area (Å²) in [7, 11) is 2.24. The fourth-order valence-electron chi connectivity index (χ4n) is 3.50. The van der Waals surface area contributed by atoms with Crippen LogP contribution in [0.5, 0.6) is 0 Å². The number of fused-ring (bicyclic) bond motifs is 2. The van der Waals surface area contributed by atoms with Crippen LogP contribution in [0.1, 0.15) is 25.0 Å². The third-order valence-corrected chi connectivity index (χ3v) is 5.06. The van der Waals surface area contributed by atoms with Gasteiger partial charge in [0, 0.05) is 22.7 Å². The number of halogens is 1. The van der Waals surface area contributed by atoms with Crippen molar-refractivity contribution >= 4 is 17.2 Å². The summed E-state index contributed by atoms with van der Waals surface area (Å²) in [5.74, 6) is 0. The number of benzene rings is 1. The summed E-state index contributed by atoms with van der Waals surface area (Å²) in [6, 6.07) is 11.3. The van der Waals surface area contributed by atoms with Crippen molar-refractivity contribution in [3.63, 3.8) is 0 Å². The van der Waals surface area contributed by atoms with Crippen LogP contribution in [0.25, 0.3) is 16.8 Å². The van der Waals surface area contributed by atoms with Gasteiger partial charge in [0.2, 0.25) is 0 Å². The molecule has 0 radical (unpaired) electrons. The Labute approximate surface area is 129 Å². The van der Waals surface area contributed by atoms with E-state index in [1.54, 1.807) is 0 Å². The van der Waals surface area contributed by atoms with Gasteiger partial charge in [-0.25, -0.2) is 0 Å². The molecule has 4 heteroatoms. The van der Waals surface area contributed by atoms with Crippen LogP contribution in [-0.4, -0.2) is 34.2 Å². The van der Waals surface area contributed by atoms with E-state index >= 15 is 0 Å². The predicted molar refractivity (Wildman–Crippen MR) is 86.2 cm³/mol. The maximum Gasteiger partial charge on any atom is 0.0927 e. The number of aromatic amines is 1. The van der Waals surface area contributed by atoms with Gasteiger partial charge in [0.05, 0.1) is 11.4 Å². The molecule has 0 aliphatic carbocycles. The van der Waals surface area contributed by atoms with E-state index in [-0.39, 0.29) is 0 Å². The van der Waals surface area contributed by atoms with E-state index in [0.29, 0.717) is 12.1 Å². The number of likely N-dealkylation sites (N-methyl/N-ethyl adjacent to an activating group) is 1. The number of H-pyrrole nitrogens is 1. The van der Waals surface area contributed by atoms with Crippen LogP contribution in [0.4, 0.5) is 0 Å². The molecule has 1 saturated heterocycles. The second-order valence-corrected chi connectivity index (χ2v) is 6.47. The Kier molecular flexibility index (Phi) is 3.12. The van der Waals surface area contributed by atoms with Crippen molar-refractivity contribution in [2.75, 3.05) is 7.05 Å². The Bertz CT molecular complexity index is 686. The van der Waals surface area contributed by atoms with Gasteiger partial charge in [0.25, 0.3) is 0 Å². The predicted octanol–water partition coefficient (Wildman–Crippen LogP) is 3.98. The lowest BCUT2D eigenvalue weighted by Gasteiger charge is -2.29. The molecule has 21 heavy (non-hydrogen) atoms. The number of hydrogen-bond acceptors (Lipinski definition) is 2. The normalized spacial score (nSPS) is 25.1. The summed E-state index contributed by atoms with van der Waals surface area (Å²) in [6.45, 7) is 0. The van der Waals surface area contributed by atoms with Crippen LogP contribution < -0.4 is 0 Å². The molecule has 108 valence electrons. The highest BCUT2D eigenvalue weighted by molar-refractivity contribution is 6.30. The highest BCUT2D eigenvalue weighted by Crippen LogP contribution is 2.37. The minimum Gasteiger partial charge on any atom is -0.297 e. The minimum absolute atomic E-state index is 0.598. The van der Waals surface area contributed by atoms with Crippen LogP contribution in [0.15, 0.2) is 36.4 Å². The number of nitrogens with one attached hydrogen (secondary N) is 1. The zero-order chi connectivity index (χ0) is 14.4. The van der Waals surface area contributed by atoms with Gasteiger partial charge in [0.15, 0.2) is 0 Å². The van der Waals surface area contributed by atoms with Gasteiger partial charge in [-0.2, -0.15) is 5.10 Å². The SMILES string of the molecule is CN1C2C=C(c3cc(-c4ccc(Cl)cc4)n[nH]3)CC1CC2. The summed E-state index contributed by atoms with van der Waals surface area (Å²) in [5, 5.41) is 8.41. The number of nitrogens with zero attached hydrogens (tertiary/aromatic N) is 2. The summed E-state index contributed by atoms with van der Waals surface area (Å²) in [4.78, 5) is 2.50. The summed E-state index contributed by atoms with van der Waals surface area (Å²) >= 11 is 5.94. The van der Waals surface area contributed by atoms with Gasteiger partial charge in [-0.3, -0.25) is 10.00 Å². The van der Waals surface area contributed by atoms with E-state index in [2.05, 4.69) is 34.3 Å². The molecule has 2 unspecified atom stereocenters. The average Bonchev–Trinajstić information content (AvgIpc) is 3.03. The molecule has 1 N–H and O–H groups in total. The van der Waals surface area contributed by atoms with Crippen LogP contribution in [-0.2, 0) is 0 Å². The van der Waals surface area contributed by atoms with Gasteiger partial charge >= 0.3 is 0 Å². The molecule has 3 heterocycles. The van der Waals surface area contributed by atoms with Crippen molar-refractivity contribution in [2.24, 2.45) is 0 Å². The van der Waals surface area contributed by atoms with Crippen LogP contribution in [0.2, 0.25) is 5.02 Å². The number of aromatic nitrogens is 2. The molecule has 1 fully saturated rings. The second-order valence-electron chi connectivity index (χ2n) is 6.03. The summed E-state index contributed by atoms with van der Waals surface area (Å²) < 4.78 is 0.